The van der Waals surface area contributed by atoms with Crippen LogP contribution in [-0.4, -0.2) is 16.4 Å². The van der Waals surface area contributed by atoms with E-state index in [-0.39, 0.29) is 24.3 Å². The molecular formula is C21H24FNO2. The van der Waals surface area contributed by atoms with Crippen molar-refractivity contribution < 1.29 is 14.3 Å². The summed E-state index contributed by atoms with van der Waals surface area (Å²) in [6.45, 7) is 8.04. The molecule has 0 aliphatic carbocycles. The Bertz CT molecular complexity index is 777. The molecule has 0 spiro atoms. The number of aromatic nitrogens is 1. The highest BCUT2D eigenvalue weighted by atomic mass is 19.1. The summed E-state index contributed by atoms with van der Waals surface area (Å²) in [7, 11) is 0. The fourth-order valence-corrected chi connectivity index (χ4v) is 3.11. The molecule has 25 heavy (non-hydrogen) atoms. The smallest absolute Gasteiger partial charge is 0.142 e. The van der Waals surface area contributed by atoms with E-state index >= 15 is 0 Å². The average molecular weight is 341 g/mol. The van der Waals surface area contributed by atoms with Gasteiger partial charge in [-0.05, 0) is 53.8 Å². The van der Waals surface area contributed by atoms with Gasteiger partial charge >= 0.3 is 0 Å². The second-order valence-electron chi connectivity index (χ2n) is 6.62. The molecule has 0 aliphatic rings. The SMILES string of the molecule is CC(C)c1nc(-c2ccc(F)cc2)c(/C=C/C=O)c(C(C)C)c1CO. The van der Waals surface area contributed by atoms with Crippen molar-refractivity contribution in [1.82, 2.24) is 4.98 Å². The molecule has 0 amide bonds. The van der Waals surface area contributed by atoms with Crippen LogP contribution in [0.25, 0.3) is 17.3 Å². The minimum absolute atomic E-state index is 0.111. The van der Waals surface area contributed by atoms with Crippen molar-refractivity contribution in [3.05, 3.63) is 58.5 Å². The standard InChI is InChI=1S/C21H24FNO2/c1-13(2)19-17(6-5-11-24)21(15-7-9-16(22)10-8-15)23-20(14(3)4)18(19)12-25/h5-11,13-14,25H,12H2,1-4H3/b6-5+. The number of nitrogens with zero attached hydrogens (tertiary/aromatic N) is 1. The van der Waals surface area contributed by atoms with Gasteiger partial charge in [-0.15, -0.1) is 0 Å². The quantitative estimate of drug-likeness (QED) is 0.604. The Morgan fingerprint density at radius 3 is 2.24 bits per heavy atom. The Balaban J connectivity index is 2.90. The summed E-state index contributed by atoms with van der Waals surface area (Å²) < 4.78 is 13.3. The van der Waals surface area contributed by atoms with Crippen LogP contribution in [0.1, 0.15) is 61.9 Å². The Morgan fingerprint density at radius 1 is 1.12 bits per heavy atom. The van der Waals surface area contributed by atoms with E-state index in [2.05, 4.69) is 0 Å². The van der Waals surface area contributed by atoms with E-state index in [0.717, 1.165) is 27.9 Å². The molecule has 2 aromatic rings. The second kappa shape index (κ2) is 8.17. The van der Waals surface area contributed by atoms with Gasteiger partial charge in [0.2, 0.25) is 0 Å². The number of pyridine rings is 1. The maximum atomic E-state index is 13.3. The van der Waals surface area contributed by atoms with Crippen molar-refractivity contribution >= 4 is 12.4 Å². The van der Waals surface area contributed by atoms with Gasteiger partial charge in [0.25, 0.3) is 0 Å². The van der Waals surface area contributed by atoms with Crippen LogP contribution >= 0.6 is 0 Å². The van der Waals surface area contributed by atoms with E-state index < -0.39 is 0 Å². The molecule has 2 rings (SSSR count). The maximum Gasteiger partial charge on any atom is 0.142 e. The summed E-state index contributed by atoms with van der Waals surface area (Å²) in [4.78, 5) is 15.7. The number of hydrogen-bond acceptors (Lipinski definition) is 3. The number of aliphatic hydroxyl groups excluding tert-OH is 1. The monoisotopic (exact) mass is 341 g/mol. The lowest BCUT2D eigenvalue weighted by Gasteiger charge is -2.23. The summed E-state index contributed by atoms with van der Waals surface area (Å²) in [5.41, 5.74) is 4.87. The largest absolute Gasteiger partial charge is 0.392 e. The molecule has 0 saturated heterocycles. The first-order valence-electron chi connectivity index (χ1n) is 8.46. The Kier molecular flexibility index (Phi) is 6.21. The first-order chi connectivity index (χ1) is 11.9. The summed E-state index contributed by atoms with van der Waals surface area (Å²) in [5.74, 6) is -0.0509. The van der Waals surface area contributed by atoms with E-state index in [0.29, 0.717) is 12.0 Å². The molecule has 0 bridgehead atoms. The third-order valence-electron chi connectivity index (χ3n) is 4.15. The van der Waals surface area contributed by atoms with Crippen LogP contribution in [0.3, 0.4) is 0 Å². The Morgan fingerprint density at radius 2 is 1.76 bits per heavy atom. The van der Waals surface area contributed by atoms with Gasteiger partial charge in [0, 0.05) is 22.4 Å². The lowest BCUT2D eigenvalue weighted by atomic mass is 9.86. The number of hydrogen-bond donors (Lipinski definition) is 1. The van der Waals surface area contributed by atoms with Crippen LogP contribution in [0.5, 0.6) is 0 Å². The van der Waals surface area contributed by atoms with Crippen LogP contribution in [0.2, 0.25) is 0 Å². The van der Waals surface area contributed by atoms with E-state index in [1.807, 2.05) is 27.7 Å². The molecule has 0 atom stereocenters. The van der Waals surface area contributed by atoms with Crippen LogP contribution in [-0.2, 0) is 11.4 Å². The molecule has 0 saturated carbocycles. The number of allylic oxidation sites excluding steroid dienone is 1. The van der Waals surface area contributed by atoms with E-state index in [1.165, 1.54) is 18.2 Å². The highest BCUT2D eigenvalue weighted by Gasteiger charge is 2.22. The Labute approximate surface area is 148 Å². The highest BCUT2D eigenvalue weighted by molar-refractivity contribution is 5.81. The Hall–Kier alpha value is -2.33. The predicted octanol–water partition coefficient (Wildman–Crippen LogP) is 4.84. The molecule has 0 fully saturated rings. The molecule has 1 aromatic heterocycles. The van der Waals surface area contributed by atoms with Gasteiger partial charge in [-0.1, -0.05) is 27.7 Å². The summed E-state index contributed by atoms with van der Waals surface area (Å²) >= 11 is 0. The molecule has 4 heteroatoms. The molecule has 1 aromatic carbocycles. The van der Waals surface area contributed by atoms with Gasteiger partial charge in [0.05, 0.1) is 12.3 Å². The third kappa shape index (κ3) is 4.02. The van der Waals surface area contributed by atoms with Crippen molar-refractivity contribution in [3.63, 3.8) is 0 Å². The first kappa shape index (κ1) is 19.0. The van der Waals surface area contributed by atoms with Crippen molar-refractivity contribution in [2.45, 2.75) is 46.1 Å². The number of benzene rings is 1. The van der Waals surface area contributed by atoms with E-state index in [1.54, 1.807) is 18.2 Å². The van der Waals surface area contributed by atoms with Crippen molar-refractivity contribution in [1.29, 1.82) is 0 Å². The summed E-state index contributed by atoms with van der Waals surface area (Å²) in [6, 6.07) is 6.16. The van der Waals surface area contributed by atoms with Gasteiger partial charge in [0.1, 0.15) is 12.1 Å². The minimum Gasteiger partial charge on any atom is -0.392 e. The number of aldehydes is 1. The predicted molar refractivity (Wildman–Crippen MR) is 98.8 cm³/mol. The lowest BCUT2D eigenvalue weighted by Crippen LogP contribution is -2.11. The number of carbonyl (C=O) groups is 1. The zero-order valence-corrected chi connectivity index (χ0v) is 15.1. The number of carbonyl (C=O) groups excluding carboxylic acids is 1. The van der Waals surface area contributed by atoms with Gasteiger partial charge in [-0.3, -0.25) is 9.78 Å². The average Bonchev–Trinajstić information content (AvgIpc) is 2.58. The zero-order valence-electron chi connectivity index (χ0n) is 15.1. The molecule has 0 radical (unpaired) electrons. The van der Waals surface area contributed by atoms with Gasteiger partial charge in [-0.2, -0.15) is 0 Å². The maximum absolute atomic E-state index is 13.3. The summed E-state index contributed by atoms with van der Waals surface area (Å²) in [6.07, 6.45) is 3.86. The van der Waals surface area contributed by atoms with Crippen LogP contribution < -0.4 is 0 Å². The van der Waals surface area contributed by atoms with Crippen LogP contribution in [0.15, 0.2) is 30.3 Å². The minimum atomic E-state index is -0.311. The summed E-state index contributed by atoms with van der Waals surface area (Å²) in [5, 5.41) is 9.96. The molecule has 132 valence electrons. The fourth-order valence-electron chi connectivity index (χ4n) is 3.11. The molecule has 0 aliphatic heterocycles. The molecule has 1 heterocycles. The van der Waals surface area contributed by atoms with Gasteiger partial charge in [-0.25, -0.2) is 4.39 Å². The zero-order chi connectivity index (χ0) is 18.6. The van der Waals surface area contributed by atoms with Gasteiger partial charge < -0.3 is 5.11 Å². The lowest BCUT2D eigenvalue weighted by molar-refractivity contribution is -0.104. The number of rotatable bonds is 6. The van der Waals surface area contributed by atoms with Gasteiger partial charge in [0.15, 0.2) is 0 Å². The topological polar surface area (TPSA) is 50.2 Å². The van der Waals surface area contributed by atoms with Crippen LogP contribution in [0, 0.1) is 5.82 Å². The molecule has 3 nitrogen and oxygen atoms in total. The third-order valence-corrected chi connectivity index (χ3v) is 4.15. The first-order valence-corrected chi connectivity index (χ1v) is 8.46. The van der Waals surface area contributed by atoms with E-state index in [9.17, 15) is 14.3 Å². The number of halogens is 1. The van der Waals surface area contributed by atoms with Crippen molar-refractivity contribution in [2.75, 3.05) is 0 Å². The number of aliphatic hydroxyl groups is 1. The van der Waals surface area contributed by atoms with Crippen molar-refractivity contribution in [2.24, 2.45) is 0 Å². The highest BCUT2D eigenvalue weighted by Crippen LogP contribution is 2.36. The molecule has 1 N–H and O–H groups in total. The van der Waals surface area contributed by atoms with E-state index in [4.69, 9.17) is 4.98 Å². The van der Waals surface area contributed by atoms with Crippen molar-refractivity contribution in [3.8, 4) is 11.3 Å². The molecule has 0 unspecified atom stereocenters. The van der Waals surface area contributed by atoms with Crippen LogP contribution in [0.4, 0.5) is 4.39 Å². The fraction of sp³-hybridized carbons (Fsp3) is 0.333. The second-order valence-corrected chi connectivity index (χ2v) is 6.62. The molecular weight excluding hydrogens is 317 g/mol. The normalized spacial score (nSPS) is 11.7.